The molecule has 1 N–H and O–H groups in total. The first-order valence-electron chi connectivity index (χ1n) is 7.30. The molecule has 0 amide bonds. The molecule has 3 heterocycles. The van der Waals surface area contributed by atoms with E-state index < -0.39 is 0 Å². The highest BCUT2D eigenvalue weighted by Gasteiger charge is 2.25. The lowest BCUT2D eigenvalue weighted by Gasteiger charge is -2.27. The van der Waals surface area contributed by atoms with Gasteiger partial charge < -0.3 is 9.84 Å². The second-order valence-corrected chi connectivity index (χ2v) is 5.39. The van der Waals surface area contributed by atoms with Gasteiger partial charge in [-0.1, -0.05) is 24.6 Å². The molecular formula is C15H20N4O. The summed E-state index contributed by atoms with van der Waals surface area (Å²) >= 11 is 0. The van der Waals surface area contributed by atoms with Gasteiger partial charge in [0.2, 0.25) is 5.89 Å². The Morgan fingerprint density at radius 3 is 3.20 bits per heavy atom. The summed E-state index contributed by atoms with van der Waals surface area (Å²) in [5.74, 6) is 2.21. The fraction of sp³-hybridized carbons (Fsp3) is 0.533. The summed E-state index contributed by atoms with van der Waals surface area (Å²) in [4.78, 5) is 8.63. The molecule has 1 aliphatic rings. The molecule has 2 aromatic heterocycles. The molecule has 0 aromatic carbocycles. The molecule has 5 nitrogen and oxygen atoms in total. The molecule has 2 unspecified atom stereocenters. The summed E-state index contributed by atoms with van der Waals surface area (Å²) in [5.41, 5.74) is 1.10. The van der Waals surface area contributed by atoms with Gasteiger partial charge in [-0.2, -0.15) is 4.98 Å². The van der Waals surface area contributed by atoms with Crippen LogP contribution in [0.3, 0.4) is 0 Å². The van der Waals surface area contributed by atoms with Gasteiger partial charge in [-0.15, -0.1) is 0 Å². The maximum atomic E-state index is 5.43. The van der Waals surface area contributed by atoms with Gasteiger partial charge in [-0.25, -0.2) is 0 Å². The van der Waals surface area contributed by atoms with Crippen molar-refractivity contribution < 1.29 is 4.52 Å². The Labute approximate surface area is 118 Å². The van der Waals surface area contributed by atoms with Gasteiger partial charge in [0.15, 0.2) is 5.82 Å². The lowest BCUT2D eigenvalue weighted by molar-refractivity contribution is 0.245. The SMILES string of the molecule is CCC1CCNC(c2nc(Cc3cccnc3)no2)C1. The molecule has 2 atom stereocenters. The Hall–Kier alpha value is -1.75. The molecular weight excluding hydrogens is 252 g/mol. The van der Waals surface area contributed by atoms with Crippen molar-refractivity contribution in [3.8, 4) is 0 Å². The molecule has 106 valence electrons. The molecule has 3 rings (SSSR count). The van der Waals surface area contributed by atoms with E-state index in [9.17, 15) is 0 Å². The maximum Gasteiger partial charge on any atom is 0.243 e. The van der Waals surface area contributed by atoms with Gasteiger partial charge in [0, 0.05) is 18.8 Å². The lowest BCUT2D eigenvalue weighted by Crippen LogP contribution is -2.31. The first-order chi connectivity index (χ1) is 9.85. The molecule has 1 saturated heterocycles. The van der Waals surface area contributed by atoms with Crippen molar-refractivity contribution >= 4 is 0 Å². The van der Waals surface area contributed by atoms with Crippen LogP contribution in [-0.4, -0.2) is 21.7 Å². The zero-order valence-corrected chi connectivity index (χ0v) is 11.7. The monoisotopic (exact) mass is 272 g/mol. The summed E-state index contributed by atoms with van der Waals surface area (Å²) in [5, 5.41) is 7.55. The van der Waals surface area contributed by atoms with Crippen LogP contribution in [0, 0.1) is 5.92 Å². The summed E-state index contributed by atoms with van der Waals surface area (Å²) in [7, 11) is 0. The van der Waals surface area contributed by atoms with Crippen LogP contribution in [0.5, 0.6) is 0 Å². The van der Waals surface area contributed by atoms with Crippen LogP contribution < -0.4 is 5.32 Å². The van der Waals surface area contributed by atoms with Crippen LogP contribution in [-0.2, 0) is 6.42 Å². The first kappa shape index (κ1) is 13.2. The van der Waals surface area contributed by atoms with Crippen LogP contribution in [0.4, 0.5) is 0 Å². The quantitative estimate of drug-likeness (QED) is 0.926. The fourth-order valence-corrected chi connectivity index (χ4v) is 2.72. The minimum Gasteiger partial charge on any atom is -0.338 e. The second-order valence-electron chi connectivity index (χ2n) is 5.39. The highest BCUT2D eigenvalue weighted by molar-refractivity contribution is 5.14. The maximum absolute atomic E-state index is 5.43. The predicted molar refractivity (Wildman–Crippen MR) is 75.1 cm³/mol. The van der Waals surface area contributed by atoms with E-state index in [-0.39, 0.29) is 6.04 Å². The third kappa shape index (κ3) is 3.04. The number of nitrogens with one attached hydrogen (secondary N) is 1. The van der Waals surface area contributed by atoms with Crippen molar-refractivity contribution in [2.75, 3.05) is 6.54 Å². The van der Waals surface area contributed by atoms with Crippen LogP contribution in [0.15, 0.2) is 29.0 Å². The van der Waals surface area contributed by atoms with Gasteiger partial charge in [-0.05, 0) is 36.9 Å². The average Bonchev–Trinajstić information content (AvgIpc) is 2.97. The van der Waals surface area contributed by atoms with E-state index in [0.29, 0.717) is 6.42 Å². The summed E-state index contributed by atoms with van der Waals surface area (Å²) in [6.07, 6.45) is 7.81. The smallest absolute Gasteiger partial charge is 0.243 e. The van der Waals surface area contributed by atoms with Crippen molar-refractivity contribution in [3.05, 3.63) is 41.8 Å². The number of rotatable bonds is 4. The van der Waals surface area contributed by atoms with Crippen LogP contribution in [0.1, 0.15) is 49.5 Å². The summed E-state index contributed by atoms with van der Waals surface area (Å²) in [6.45, 7) is 3.28. The molecule has 1 aliphatic heterocycles. The van der Waals surface area contributed by atoms with Gasteiger partial charge in [0.25, 0.3) is 0 Å². The zero-order chi connectivity index (χ0) is 13.8. The van der Waals surface area contributed by atoms with E-state index in [4.69, 9.17) is 4.52 Å². The van der Waals surface area contributed by atoms with E-state index in [0.717, 1.165) is 36.2 Å². The fourth-order valence-electron chi connectivity index (χ4n) is 2.72. The van der Waals surface area contributed by atoms with Gasteiger partial charge in [0.1, 0.15) is 0 Å². The van der Waals surface area contributed by atoms with Crippen molar-refractivity contribution in [1.29, 1.82) is 0 Å². The average molecular weight is 272 g/mol. The largest absolute Gasteiger partial charge is 0.338 e. The Morgan fingerprint density at radius 2 is 2.40 bits per heavy atom. The Balaban J connectivity index is 1.67. The molecule has 0 bridgehead atoms. The third-order valence-corrected chi connectivity index (χ3v) is 3.96. The van der Waals surface area contributed by atoms with Crippen molar-refractivity contribution in [2.24, 2.45) is 5.92 Å². The van der Waals surface area contributed by atoms with E-state index in [2.05, 4.69) is 27.4 Å². The van der Waals surface area contributed by atoms with E-state index in [1.54, 1.807) is 6.20 Å². The highest BCUT2D eigenvalue weighted by atomic mass is 16.5. The number of nitrogens with zero attached hydrogens (tertiary/aromatic N) is 3. The number of piperidine rings is 1. The first-order valence-corrected chi connectivity index (χ1v) is 7.30. The molecule has 0 spiro atoms. The molecule has 2 aromatic rings. The minimum atomic E-state index is 0.212. The zero-order valence-electron chi connectivity index (χ0n) is 11.7. The standard InChI is InChI=1S/C15H20N4O/c1-2-11-5-7-17-13(8-11)15-18-14(19-20-15)9-12-4-3-6-16-10-12/h3-4,6,10-11,13,17H,2,5,7-9H2,1H3. The van der Waals surface area contributed by atoms with E-state index in [1.165, 1.54) is 12.8 Å². The number of aromatic nitrogens is 3. The van der Waals surface area contributed by atoms with E-state index in [1.807, 2.05) is 18.3 Å². The topological polar surface area (TPSA) is 63.8 Å². The van der Waals surface area contributed by atoms with Crippen LogP contribution >= 0.6 is 0 Å². The minimum absolute atomic E-state index is 0.212. The molecule has 0 radical (unpaired) electrons. The molecule has 0 aliphatic carbocycles. The Morgan fingerprint density at radius 1 is 1.45 bits per heavy atom. The summed E-state index contributed by atoms with van der Waals surface area (Å²) in [6, 6.07) is 4.16. The Kier molecular flexibility index (Phi) is 4.06. The van der Waals surface area contributed by atoms with Crippen molar-refractivity contribution in [3.63, 3.8) is 0 Å². The lowest BCUT2D eigenvalue weighted by atomic mass is 9.90. The number of hydrogen-bond donors (Lipinski definition) is 1. The van der Waals surface area contributed by atoms with Crippen LogP contribution in [0.25, 0.3) is 0 Å². The van der Waals surface area contributed by atoms with Crippen molar-refractivity contribution in [1.82, 2.24) is 20.4 Å². The van der Waals surface area contributed by atoms with Gasteiger partial charge in [-0.3, -0.25) is 4.98 Å². The van der Waals surface area contributed by atoms with Gasteiger partial charge in [0.05, 0.1) is 6.04 Å². The number of pyridine rings is 1. The van der Waals surface area contributed by atoms with E-state index >= 15 is 0 Å². The highest BCUT2D eigenvalue weighted by Crippen LogP contribution is 2.28. The third-order valence-electron chi connectivity index (χ3n) is 3.96. The normalized spacial score (nSPS) is 22.9. The predicted octanol–water partition coefficient (Wildman–Crippen LogP) is 2.51. The molecule has 0 saturated carbocycles. The number of hydrogen-bond acceptors (Lipinski definition) is 5. The Bertz CT molecular complexity index is 540. The molecule has 5 heteroatoms. The molecule has 20 heavy (non-hydrogen) atoms. The second kappa shape index (κ2) is 6.13. The van der Waals surface area contributed by atoms with Crippen molar-refractivity contribution in [2.45, 2.75) is 38.6 Å². The molecule has 1 fully saturated rings. The van der Waals surface area contributed by atoms with Crippen LogP contribution in [0.2, 0.25) is 0 Å². The summed E-state index contributed by atoms with van der Waals surface area (Å²) < 4.78 is 5.43. The van der Waals surface area contributed by atoms with Gasteiger partial charge >= 0.3 is 0 Å².